The Labute approximate surface area is 205 Å². The van der Waals surface area contributed by atoms with Crippen molar-refractivity contribution in [1.82, 2.24) is 5.32 Å². The van der Waals surface area contributed by atoms with Gasteiger partial charge < -0.3 is 11.1 Å². The van der Waals surface area contributed by atoms with Crippen LogP contribution in [0.1, 0.15) is 55.6 Å². The molecule has 0 saturated carbocycles. The van der Waals surface area contributed by atoms with Gasteiger partial charge in [0.15, 0.2) is 0 Å². The normalized spacial score (nSPS) is 16.6. The number of carbonyl (C=O) groups excluding carboxylic acids is 1. The molecule has 4 nitrogen and oxygen atoms in total. The Bertz CT molecular complexity index is 1600. The molecule has 0 saturated heterocycles. The zero-order chi connectivity index (χ0) is 25.1. The van der Waals surface area contributed by atoms with Crippen LogP contribution in [-0.4, -0.2) is 11.7 Å². The summed E-state index contributed by atoms with van der Waals surface area (Å²) in [6, 6.07) is 20.0. The molecule has 2 aliphatic carbocycles. The minimum absolute atomic E-state index is 0.0385. The molecule has 4 N–H and O–H groups in total. The van der Waals surface area contributed by atoms with Crippen LogP contribution in [0.15, 0.2) is 72.8 Å². The Hall–Kier alpha value is -4.39. The van der Waals surface area contributed by atoms with Gasteiger partial charge in [-0.15, -0.1) is 0 Å². The molecule has 0 aromatic heterocycles. The third kappa shape index (κ3) is 3.31. The number of nitrogen functional groups attached to an aromatic ring is 1. The predicted molar refractivity (Wildman–Crippen MR) is 131 cm³/mol. The number of hydrogen-bond acceptors (Lipinski definition) is 2. The molecule has 2 aliphatic rings. The highest BCUT2D eigenvalue weighted by molar-refractivity contribution is 5.96. The van der Waals surface area contributed by atoms with Crippen LogP contribution in [0.3, 0.4) is 0 Å². The second-order valence-electron chi connectivity index (χ2n) is 9.14. The van der Waals surface area contributed by atoms with Gasteiger partial charge >= 0.3 is 0 Å². The summed E-state index contributed by atoms with van der Waals surface area (Å²) in [5.41, 5.74) is 11.3. The lowest BCUT2D eigenvalue weighted by molar-refractivity contribution is 0.0950. The summed E-state index contributed by atoms with van der Waals surface area (Å²) < 4.78 is 42.7. The fraction of sp³-hybridized carbons (Fsp3) is 0.103. The molecule has 7 heteroatoms. The van der Waals surface area contributed by atoms with Crippen LogP contribution in [0, 0.1) is 22.9 Å². The lowest BCUT2D eigenvalue weighted by atomic mass is 9.52. The summed E-state index contributed by atoms with van der Waals surface area (Å²) in [6.07, 6.45) is 0. The molecule has 2 atom stereocenters. The lowest BCUT2D eigenvalue weighted by Gasteiger charge is -2.50. The number of rotatable bonds is 5. The van der Waals surface area contributed by atoms with Crippen LogP contribution in [0.5, 0.6) is 0 Å². The highest BCUT2D eigenvalue weighted by Gasteiger charge is 2.49. The van der Waals surface area contributed by atoms with E-state index < -0.39 is 23.4 Å². The van der Waals surface area contributed by atoms with Crippen molar-refractivity contribution in [2.24, 2.45) is 5.73 Å². The summed E-state index contributed by atoms with van der Waals surface area (Å²) in [4.78, 5) is 12.8. The molecule has 6 rings (SSSR count). The van der Waals surface area contributed by atoms with Gasteiger partial charge in [-0.2, -0.15) is 0 Å². The van der Waals surface area contributed by atoms with Crippen molar-refractivity contribution in [2.75, 3.05) is 0 Å². The zero-order valence-corrected chi connectivity index (χ0v) is 18.9. The van der Waals surface area contributed by atoms with Crippen molar-refractivity contribution in [2.45, 2.75) is 18.4 Å². The van der Waals surface area contributed by atoms with Crippen molar-refractivity contribution in [3.05, 3.63) is 129 Å². The van der Waals surface area contributed by atoms with E-state index in [1.54, 1.807) is 18.2 Å². The number of hydrogen-bond donors (Lipinski definition) is 3. The van der Waals surface area contributed by atoms with Gasteiger partial charge in [-0.05, 0) is 58.1 Å². The Kier molecular flexibility index (Phi) is 4.96. The minimum atomic E-state index is -0.821. The van der Waals surface area contributed by atoms with Gasteiger partial charge in [0.1, 0.15) is 23.3 Å². The van der Waals surface area contributed by atoms with Gasteiger partial charge in [-0.3, -0.25) is 10.2 Å². The maximum Gasteiger partial charge on any atom is 0.251 e. The number of benzene rings is 4. The molecule has 0 radical (unpaired) electrons. The molecule has 0 heterocycles. The number of amides is 1. The second kappa shape index (κ2) is 8.09. The number of nitrogens with two attached hydrogens (primary N) is 1. The number of fused-ring (bicyclic) bond motifs is 7. The van der Waals surface area contributed by atoms with Crippen molar-refractivity contribution >= 4 is 11.7 Å². The predicted octanol–water partition coefficient (Wildman–Crippen LogP) is 5.58. The summed E-state index contributed by atoms with van der Waals surface area (Å²) in [7, 11) is 0. The van der Waals surface area contributed by atoms with Gasteiger partial charge in [0, 0.05) is 35.1 Å². The number of carbonyl (C=O) groups is 1. The van der Waals surface area contributed by atoms with E-state index in [0.717, 1.165) is 34.4 Å². The third-order valence-electron chi connectivity index (χ3n) is 7.16. The Morgan fingerprint density at radius 3 is 2.25 bits per heavy atom. The van der Waals surface area contributed by atoms with Crippen LogP contribution in [0.2, 0.25) is 0 Å². The van der Waals surface area contributed by atoms with Gasteiger partial charge in [-0.25, -0.2) is 13.2 Å². The maximum absolute atomic E-state index is 14.3. The topological polar surface area (TPSA) is 79.0 Å². The fourth-order valence-corrected chi connectivity index (χ4v) is 5.33. The first-order valence-corrected chi connectivity index (χ1v) is 11.5. The molecule has 178 valence electrons. The molecule has 4 aromatic carbocycles. The monoisotopic (exact) mass is 483 g/mol. The Morgan fingerprint density at radius 2 is 1.50 bits per heavy atom. The largest absolute Gasteiger partial charge is 0.384 e. The fourth-order valence-electron chi connectivity index (χ4n) is 5.33. The molecule has 1 unspecified atom stereocenters. The maximum atomic E-state index is 14.3. The number of amidine groups is 1. The van der Waals surface area contributed by atoms with E-state index in [9.17, 15) is 18.0 Å². The van der Waals surface area contributed by atoms with Crippen LogP contribution >= 0.6 is 0 Å². The van der Waals surface area contributed by atoms with Gasteiger partial charge in [0.05, 0.1) is 5.56 Å². The molecule has 4 aromatic rings. The number of halogens is 3. The quantitative estimate of drug-likeness (QED) is 0.256. The molecular weight excluding hydrogens is 463 g/mol. The van der Waals surface area contributed by atoms with E-state index in [4.69, 9.17) is 11.1 Å². The molecular formula is C29H20F3N3O. The van der Waals surface area contributed by atoms with Crippen molar-refractivity contribution in [3.63, 3.8) is 0 Å². The first-order valence-electron chi connectivity index (χ1n) is 11.5. The Morgan fingerprint density at radius 1 is 0.806 bits per heavy atom. The van der Waals surface area contributed by atoms with Crippen LogP contribution in [0.25, 0.3) is 11.1 Å². The van der Waals surface area contributed by atoms with E-state index in [2.05, 4.69) is 5.32 Å². The van der Waals surface area contributed by atoms with E-state index in [1.807, 2.05) is 36.4 Å². The van der Waals surface area contributed by atoms with Crippen LogP contribution in [-0.2, 0) is 6.54 Å². The highest BCUT2D eigenvalue weighted by Crippen LogP contribution is 2.63. The first kappa shape index (κ1) is 22.1. The summed E-state index contributed by atoms with van der Waals surface area (Å²) >= 11 is 0. The average molecular weight is 483 g/mol. The summed E-state index contributed by atoms with van der Waals surface area (Å²) in [5.74, 6) is -2.39. The molecule has 1 amide bonds. The molecule has 0 fully saturated rings. The van der Waals surface area contributed by atoms with E-state index in [0.29, 0.717) is 11.1 Å². The molecule has 0 aliphatic heterocycles. The van der Waals surface area contributed by atoms with E-state index in [1.165, 1.54) is 11.6 Å². The zero-order valence-electron chi connectivity index (χ0n) is 18.9. The van der Waals surface area contributed by atoms with Crippen molar-refractivity contribution < 1.29 is 18.0 Å². The molecule has 0 spiro atoms. The Balaban J connectivity index is 1.21. The standard InChI is InChI=1S/C29H20F3N3O/c30-23-4-2-1-3-17(23)14-5-7-18-20(9-14)27-21-10-15(6-8-19(21)26(18)27)29(36)35-13-16-11-25(32)22(28(33)34)12-24(16)31/h1-12,26-27H,13H2,(H3,33,34)(H,35,36)/t26-,27?/m0/s1. The average Bonchev–Trinajstić information content (AvgIpc) is 2.84. The van der Waals surface area contributed by atoms with Crippen molar-refractivity contribution in [3.8, 4) is 11.1 Å². The smallest absolute Gasteiger partial charge is 0.251 e. The molecule has 36 heavy (non-hydrogen) atoms. The summed E-state index contributed by atoms with van der Waals surface area (Å²) in [5, 5.41) is 9.93. The summed E-state index contributed by atoms with van der Waals surface area (Å²) in [6.45, 7) is -0.211. The van der Waals surface area contributed by atoms with Gasteiger partial charge in [-0.1, -0.05) is 42.5 Å². The van der Waals surface area contributed by atoms with Crippen LogP contribution < -0.4 is 11.1 Å². The second-order valence-corrected chi connectivity index (χ2v) is 9.14. The van der Waals surface area contributed by atoms with Crippen LogP contribution in [0.4, 0.5) is 13.2 Å². The minimum Gasteiger partial charge on any atom is -0.384 e. The molecule has 0 bridgehead atoms. The first-order chi connectivity index (χ1) is 17.3. The van der Waals surface area contributed by atoms with E-state index in [-0.39, 0.29) is 35.3 Å². The van der Waals surface area contributed by atoms with E-state index >= 15 is 0 Å². The highest BCUT2D eigenvalue weighted by atomic mass is 19.1. The van der Waals surface area contributed by atoms with Gasteiger partial charge in [0.2, 0.25) is 0 Å². The van der Waals surface area contributed by atoms with Crippen molar-refractivity contribution in [1.29, 1.82) is 5.41 Å². The van der Waals surface area contributed by atoms with Gasteiger partial charge in [0.25, 0.3) is 5.91 Å². The lowest BCUT2D eigenvalue weighted by Crippen LogP contribution is -2.36. The number of nitrogens with one attached hydrogen (secondary N) is 2. The third-order valence-corrected chi connectivity index (χ3v) is 7.16. The SMILES string of the molecule is N=C(N)c1cc(F)c(CNC(=O)c2ccc3c(c2)C2c4cc(-c5ccccc5F)ccc4[C@@H]32)cc1F.